The van der Waals surface area contributed by atoms with Crippen molar-refractivity contribution in [1.82, 2.24) is 10.2 Å². The van der Waals surface area contributed by atoms with E-state index in [-0.39, 0.29) is 24.8 Å². The van der Waals surface area contributed by atoms with Crippen LogP contribution in [-0.4, -0.2) is 35.9 Å². The van der Waals surface area contributed by atoms with Crippen molar-refractivity contribution in [2.45, 2.75) is 39.3 Å². The highest BCUT2D eigenvalue weighted by atomic mass is 79.9. The molecule has 29 heavy (non-hydrogen) atoms. The fourth-order valence-electron chi connectivity index (χ4n) is 2.69. The molecule has 2 amide bonds. The minimum Gasteiger partial charge on any atom is -0.481 e. The maximum Gasteiger partial charge on any atom is 0.261 e. The van der Waals surface area contributed by atoms with Gasteiger partial charge in [-0.15, -0.1) is 0 Å². The quantitative estimate of drug-likeness (QED) is 0.533. The molecule has 0 saturated carbocycles. The van der Waals surface area contributed by atoms with Gasteiger partial charge in [0.15, 0.2) is 18.2 Å². The molecule has 0 fully saturated rings. The van der Waals surface area contributed by atoms with Crippen molar-refractivity contribution >= 4 is 27.7 Å². The Bertz CT molecular complexity index is 814. The molecule has 0 aliphatic heterocycles. The van der Waals surface area contributed by atoms with E-state index >= 15 is 0 Å². The van der Waals surface area contributed by atoms with Gasteiger partial charge in [-0.2, -0.15) is 0 Å². The first-order chi connectivity index (χ1) is 13.9. The van der Waals surface area contributed by atoms with Crippen molar-refractivity contribution in [2.75, 3.05) is 13.2 Å². The van der Waals surface area contributed by atoms with Crippen molar-refractivity contribution in [3.05, 3.63) is 64.4 Å². The SMILES string of the molecule is CCCCNC(=O)[C@@H](C)N(Cc1ccc(Br)cc1)C(=O)COc1ccccc1F. The number of para-hydroxylation sites is 1. The molecule has 2 aromatic carbocycles. The summed E-state index contributed by atoms with van der Waals surface area (Å²) in [6.07, 6.45) is 1.84. The third-order valence-corrected chi connectivity index (χ3v) is 4.98. The number of hydrogen-bond acceptors (Lipinski definition) is 3. The number of nitrogens with zero attached hydrogens (tertiary/aromatic N) is 1. The molecule has 0 aliphatic rings. The second-order valence-corrected chi connectivity index (χ2v) is 7.60. The number of amides is 2. The van der Waals surface area contributed by atoms with E-state index in [9.17, 15) is 14.0 Å². The third kappa shape index (κ3) is 7.16. The molecule has 0 aliphatic carbocycles. The van der Waals surface area contributed by atoms with Gasteiger partial charge in [0.05, 0.1) is 0 Å². The van der Waals surface area contributed by atoms with E-state index in [0.29, 0.717) is 6.54 Å². The highest BCUT2D eigenvalue weighted by Gasteiger charge is 2.26. The fourth-order valence-corrected chi connectivity index (χ4v) is 2.95. The van der Waals surface area contributed by atoms with E-state index in [0.717, 1.165) is 22.9 Å². The molecule has 1 N–H and O–H groups in total. The van der Waals surface area contributed by atoms with Crippen LogP contribution in [0.4, 0.5) is 4.39 Å². The van der Waals surface area contributed by atoms with Crippen LogP contribution in [0, 0.1) is 5.82 Å². The van der Waals surface area contributed by atoms with Gasteiger partial charge in [-0.3, -0.25) is 9.59 Å². The number of benzene rings is 2. The molecule has 7 heteroatoms. The van der Waals surface area contributed by atoms with E-state index in [1.807, 2.05) is 31.2 Å². The summed E-state index contributed by atoms with van der Waals surface area (Å²) in [5, 5.41) is 2.86. The summed E-state index contributed by atoms with van der Waals surface area (Å²) < 4.78 is 20.0. The number of ether oxygens (including phenoxy) is 1. The van der Waals surface area contributed by atoms with Crippen LogP contribution in [0.3, 0.4) is 0 Å². The highest BCUT2D eigenvalue weighted by Crippen LogP contribution is 2.17. The molecule has 0 spiro atoms. The predicted octanol–water partition coefficient (Wildman–Crippen LogP) is 4.30. The van der Waals surface area contributed by atoms with Gasteiger partial charge in [0.1, 0.15) is 6.04 Å². The number of carbonyl (C=O) groups is 2. The molecule has 0 unspecified atom stereocenters. The minimum atomic E-state index is -0.688. The summed E-state index contributed by atoms with van der Waals surface area (Å²) in [7, 11) is 0. The topological polar surface area (TPSA) is 58.6 Å². The first kappa shape index (κ1) is 22.9. The number of unbranched alkanes of at least 4 members (excludes halogenated alkanes) is 1. The van der Waals surface area contributed by atoms with Gasteiger partial charge >= 0.3 is 0 Å². The summed E-state index contributed by atoms with van der Waals surface area (Å²) in [5.41, 5.74) is 0.876. The molecule has 1 atom stereocenters. The first-order valence-corrected chi connectivity index (χ1v) is 10.4. The van der Waals surface area contributed by atoms with Crippen LogP contribution in [-0.2, 0) is 16.1 Å². The Morgan fingerprint density at radius 3 is 2.52 bits per heavy atom. The van der Waals surface area contributed by atoms with Gasteiger partial charge < -0.3 is 15.0 Å². The van der Waals surface area contributed by atoms with Crippen molar-refractivity contribution in [1.29, 1.82) is 0 Å². The average Bonchev–Trinajstić information content (AvgIpc) is 2.72. The van der Waals surface area contributed by atoms with Crippen molar-refractivity contribution in [3.8, 4) is 5.75 Å². The lowest BCUT2D eigenvalue weighted by Crippen LogP contribution is -2.49. The monoisotopic (exact) mass is 464 g/mol. The van der Waals surface area contributed by atoms with E-state index in [1.165, 1.54) is 17.0 Å². The van der Waals surface area contributed by atoms with E-state index in [1.54, 1.807) is 19.1 Å². The van der Waals surface area contributed by atoms with Crippen LogP contribution in [0.5, 0.6) is 5.75 Å². The summed E-state index contributed by atoms with van der Waals surface area (Å²) in [6, 6.07) is 12.7. The molecule has 0 radical (unpaired) electrons. The number of halogens is 2. The van der Waals surface area contributed by atoms with Gasteiger partial charge in [-0.1, -0.05) is 53.5 Å². The van der Waals surface area contributed by atoms with Gasteiger partial charge in [0.2, 0.25) is 5.91 Å². The van der Waals surface area contributed by atoms with Gasteiger partial charge in [0, 0.05) is 17.6 Å². The number of hydrogen-bond donors (Lipinski definition) is 1. The molecular weight excluding hydrogens is 439 g/mol. The summed E-state index contributed by atoms with van der Waals surface area (Å²) in [6.45, 7) is 4.17. The first-order valence-electron chi connectivity index (χ1n) is 9.61. The predicted molar refractivity (Wildman–Crippen MR) is 114 cm³/mol. The second-order valence-electron chi connectivity index (χ2n) is 6.69. The molecule has 0 aromatic heterocycles. The van der Waals surface area contributed by atoms with E-state index in [4.69, 9.17) is 4.74 Å². The van der Waals surface area contributed by atoms with Crippen molar-refractivity contribution < 1.29 is 18.7 Å². The Morgan fingerprint density at radius 1 is 1.17 bits per heavy atom. The van der Waals surface area contributed by atoms with Crippen LogP contribution < -0.4 is 10.1 Å². The molecule has 156 valence electrons. The fraction of sp³-hybridized carbons (Fsp3) is 0.364. The molecule has 0 heterocycles. The Balaban J connectivity index is 2.11. The Hall–Kier alpha value is -2.41. The second kappa shape index (κ2) is 11.6. The Morgan fingerprint density at radius 2 is 1.86 bits per heavy atom. The number of rotatable bonds is 10. The lowest BCUT2D eigenvalue weighted by molar-refractivity contribution is -0.142. The normalized spacial score (nSPS) is 11.6. The molecule has 5 nitrogen and oxygen atoms in total. The largest absolute Gasteiger partial charge is 0.481 e. The van der Waals surface area contributed by atoms with Crippen molar-refractivity contribution in [3.63, 3.8) is 0 Å². The van der Waals surface area contributed by atoms with Gasteiger partial charge in [-0.25, -0.2) is 4.39 Å². The lowest BCUT2D eigenvalue weighted by atomic mass is 10.1. The molecular formula is C22H26BrFN2O3. The maximum absolute atomic E-state index is 13.8. The standard InChI is InChI=1S/C22H26BrFN2O3/c1-3-4-13-25-22(28)16(2)26(14-17-9-11-18(23)12-10-17)21(27)15-29-20-8-6-5-7-19(20)24/h5-12,16H,3-4,13-15H2,1-2H3,(H,25,28)/t16-/m1/s1. The summed E-state index contributed by atoms with van der Waals surface area (Å²) in [4.78, 5) is 26.8. The molecule has 2 rings (SSSR count). The van der Waals surface area contributed by atoms with Crippen LogP contribution in [0.15, 0.2) is 53.0 Å². The third-order valence-electron chi connectivity index (χ3n) is 4.45. The molecule has 2 aromatic rings. The van der Waals surface area contributed by atoms with Gasteiger partial charge in [-0.05, 0) is 43.2 Å². The zero-order valence-corrected chi connectivity index (χ0v) is 18.2. The van der Waals surface area contributed by atoms with Crippen molar-refractivity contribution in [2.24, 2.45) is 0 Å². The van der Waals surface area contributed by atoms with Crippen LogP contribution in [0.25, 0.3) is 0 Å². The molecule has 0 saturated heterocycles. The highest BCUT2D eigenvalue weighted by molar-refractivity contribution is 9.10. The number of carbonyl (C=O) groups excluding carboxylic acids is 2. The lowest BCUT2D eigenvalue weighted by Gasteiger charge is -2.28. The maximum atomic E-state index is 13.8. The average molecular weight is 465 g/mol. The van der Waals surface area contributed by atoms with Gasteiger partial charge in [0.25, 0.3) is 5.91 Å². The number of nitrogens with one attached hydrogen (secondary N) is 1. The molecule has 0 bridgehead atoms. The zero-order chi connectivity index (χ0) is 21.2. The zero-order valence-electron chi connectivity index (χ0n) is 16.7. The summed E-state index contributed by atoms with van der Waals surface area (Å²) in [5.74, 6) is -1.15. The van der Waals surface area contributed by atoms with Crippen LogP contribution in [0.1, 0.15) is 32.3 Å². The Labute approximate surface area is 179 Å². The van der Waals surface area contributed by atoms with Crippen LogP contribution in [0.2, 0.25) is 0 Å². The smallest absolute Gasteiger partial charge is 0.261 e. The Kier molecular flexibility index (Phi) is 9.12. The summed E-state index contributed by atoms with van der Waals surface area (Å²) >= 11 is 3.39. The minimum absolute atomic E-state index is 0.00416. The van der Waals surface area contributed by atoms with E-state index < -0.39 is 17.8 Å². The van der Waals surface area contributed by atoms with Crippen LogP contribution >= 0.6 is 15.9 Å². The van der Waals surface area contributed by atoms with E-state index in [2.05, 4.69) is 21.2 Å².